The van der Waals surface area contributed by atoms with E-state index in [-0.39, 0.29) is 0 Å². The molecule has 2 heteroatoms. The van der Waals surface area contributed by atoms with E-state index in [1.165, 1.54) is 38.9 Å². The van der Waals surface area contributed by atoms with E-state index in [1.807, 2.05) is 0 Å². The predicted octanol–water partition coefficient (Wildman–Crippen LogP) is 2.74. The molecule has 2 nitrogen and oxygen atoms in total. The quantitative estimate of drug-likeness (QED) is 0.813. The Bertz CT molecular complexity index is 270. The van der Waals surface area contributed by atoms with Crippen LogP contribution in [0.5, 0.6) is 0 Å². The van der Waals surface area contributed by atoms with Gasteiger partial charge in [0.1, 0.15) is 0 Å². The summed E-state index contributed by atoms with van der Waals surface area (Å²) in [7, 11) is 2.14. The summed E-state index contributed by atoms with van der Waals surface area (Å²) in [5.41, 5.74) is 1.03. The van der Waals surface area contributed by atoms with Crippen LogP contribution >= 0.6 is 0 Å². The topological polar surface area (TPSA) is 15.3 Å². The van der Waals surface area contributed by atoms with E-state index in [4.69, 9.17) is 0 Å². The summed E-state index contributed by atoms with van der Waals surface area (Å²) in [6, 6.07) is 0.700. The second-order valence-corrected chi connectivity index (χ2v) is 7.70. The Morgan fingerprint density at radius 1 is 1.18 bits per heavy atom. The minimum Gasteiger partial charge on any atom is -0.316 e. The van der Waals surface area contributed by atoms with E-state index in [0.29, 0.717) is 16.9 Å². The minimum absolute atomic E-state index is 0.481. The van der Waals surface area contributed by atoms with Crippen LogP contribution in [0.3, 0.4) is 0 Å². The highest BCUT2D eigenvalue weighted by Gasteiger charge is 2.42. The van der Waals surface area contributed by atoms with Crippen LogP contribution in [-0.2, 0) is 0 Å². The highest BCUT2D eigenvalue weighted by Crippen LogP contribution is 2.42. The molecule has 1 aliphatic heterocycles. The first-order valence-electron chi connectivity index (χ1n) is 7.24. The second kappa shape index (κ2) is 4.55. The first-order chi connectivity index (χ1) is 7.84. The molecule has 1 saturated carbocycles. The van der Waals surface area contributed by atoms with Crippen molar-refractivity contribution in [2.75, 3.05) is 26.7 Å². The normalized spacial score (nSPS) is 36.5. The molecule has 1 N–H and O–H groups in total. The molecule has 2 rings (SSSR count). The third kappa shape index (κ3) is 2.85. The van der Waals surface area contributed by atoms with E-state index < -0.39 is 0 Å². The standard InChI is InChI=1S/C15H30N2/c1-14(2)8-9-17(11-14)10-12-6-7-15(3,4)13(12)16-5/h12-13,16H,6-11H2,1-5H3. The van der Waals surface area contributed by atoms with Crippen molar-refractivity contribution in [2.24, 2.45) is 16.7 Å². The van der Waals surface area contributed by atoms with Gasteiger partial charge in [-0.15, -0.1) is 0 Å². The molecule has 0 aromatic heterocycles. The van der Waals surface area contributed by atoms with Gasteiger partial charge in [-0.1, -0.05) is 27.7 Å². The summed E-state index contributed by atoms with van der Waals surface area (Å²) in [6.45, 7) is 13.5. The fourth-order valence-electron chi connectivity index (χ4n) is 4.05. The van der Waals surface area contributed by atoms with Gasteiger partial charge in [-0.2, -0.15) is 0 Å². The average molecular weight is 238 g/mol. The molecule has 17 heavy (non-hydrogen) atoms. The van der Waals surface area contributed by atoms with E-state index in [2.05, 4.69) is 45.0 Å². The summed E-state index contributed by atoms with van der Waals surface area (Å²) < 4.78 is 0. The van der Waals surface area contributed by atoms with E-state index >= 15 is 0 Å². The molecule has 1 heterocycles. The van der Waals surface area contributed by atoms with Crippen LogP contribution in [0.4, 0.5) is 0 Å². The van der Waals surface area contributed by atoms with Gasteiger partial charge in [-0.3, -0.25) is 0 Å². The number of hydrogen-bond donors (Lipinski definition) is 1. The van der Waals surface area contributed by atoms with Crippen LogP contribution in [0.25, 0.3) is 0 Å². The number of nitrogens with zero attached hydrogens (tertiary/aromatic N) is 1. The van der Waals surface area contributed by atoms with Crippen LogP contribution in [-0.4, -0.2) is 37.6 Å². The Balaban J connectivity index is 1.92. The number of nitrogens with one attached hydrogen (secondary N) is 1. The van der Waals surface area contributed by atoms with Crippen molar-refractivity contribution in [3.8, 4) is 0 Å². The molecule has 2 unspecified atom stereocenters. The lowest BCUT2D eigenvalue weighted by Crippen LogP contribution is -2.44. The maximum absolute atomic E-state index is 3.57. The zero-order valence-corrected chi connectivity index (χ0v) is 12.3. The van der Waals surface area contributed by atoms with Gasteiger partial charge >= 0.3 is 0 Å². The molecule has 0 spiro atoms. The highest BCUT2D eigenvalue weighted by molar-refractivity contribution is 4.97. The molecule has 0 aromatic rings. The van der Waals surface area contributed by atoms with Crippen LogP contribution < -0.4 is 5.32 Å². The Hall–Kier alpha value is -0.0800. The molecule has 2 fully saturated rings. The molecular weight excluding hydrogens is 208 g/mol. The molecule has 2 atom stereocenters. The van der Waals surface area contributed by atoms with Crippen molar-refractivity contribution in [2.45, 2.75) is 53.0 Å². The van der Waals surface area contributed by atoms with Crippen molar-refractivity contribution in [3.63, 3.8) is 0 Å². The third-order valence-corrected chi connectivity index (χ3v) is 5.03. The molecule has 0 bridgehead atoms. The molecule has 1 saturated heterocycles. The summed E-state index contributed by atoms with van der Waals surface area (Å²) in [4.78, 5) is 2.69. The first-order valence-corrected chi connectivity index (χ1v) is 7.24. The smallest absolute Gasteiger partial charge is 0.0156 e. The first kappa shape index (κ1) is 13.4. The number of likely N-dealkylation sites (tertiary alicyclic amines) is 1. The second-order valence-electron chi connectivity index (χ2n) is 7.70. The Morgan fingerprint density at radius 3 is 2.41 bits per heavy atom. The lowest BCUT2D eigenvalue weighted by atomic mass is 9.85. The molecule has 0 aromatic carbocycles. The van der Waals surface area contributed by atoms with Gasteiger partial charge in [0.25, 0.3) is 0 Å². The molecule has 0 radical (unpaired) electrons. The monoisotopic (exact) mass is 238 g/mol. The van der Waals surface area contributed by atoms with Gasteiger partial charge in [0.05, 0.1) is 0 Å². The maximum atomic E-state index is 3.57. The van der Waals surface area contributed by atoms with Crippen LogP contribution in [0.2, 0.25) is 0 Å². The fourth-order valence-corrected chi connectivity index (χ4v) is 4.05. The average Bonchev–Trinajstić information content (AvgIpc) is 2.68. The molecule has 100 valence electrons. The van der Waals surface area contributed by atoms with Gasteiger partial charge in [0.2, 0.25) is 0 Å². The van der Waals surface area contributed by atoms with E-state index in [9.17, 15) is 0 Å². The van der Waals surface area contributed by atoms with Gasteiger partial charge < -0.3 is 10.2 Å². The van der Waals surface area contributed by atoms with E-state index in [1.54, 1.807) is 0 Å². The van der Waals surface area contributed by atoms with Crippen LogP contribution in [0.1, 0.15) is 47.0 Å². The van der Waals surface area contributed by atoms with Crippen molar-refractivity contribution in [1.82, 2.24) is 10.2 Å². The van der Waals surface area contributed by atoms with Crippen molar-refractivity contribution >= 4 is 0 Å². The predicted molar refractivity (Wildman–Crippen MR) is 74.2 cm³/mol. The Morgan fingerprint density at radius 2 is 1.88 bits per heavy atom. The summed E-state index contributed by atoms with van der Waals surface area (Å²) in [5, 5.41) is 3.57. The SMILES string of the molecule is CNC1C(CN2CCC(C)(C)C2)CCC1(C)C. The largest absolute Gasteiger partial charge is 0.316 e. The summed E-state index contributed by atoms with van der Waals surface area (Å²) in [5.74, 6) is 0.851. The van der Waals surface area contributed by atoms with Crippen molar-refractivity contribution in [3.05, 3.63) is 0 Å². The maximum Gasteiger partial charge on any atom is 0.0156 e. The van der Waals surface area contributed by atoms with Gasteiger partial charge in [-0.25, -0.2) is 0 Å². The molecule has 0 amide bonds. The lowest BCUT2D eigenvalue weighted by molar-refractivity contribution is 0.200. The highest BCUT2D eigenvalue weighted by atomic mass is 15.2. The molecule has 1 aliphatic carbocycles. The fraction of sp³-hybridized carbons (Fsp3) is 1.00. The summed E-state index contributed by atoms with van der Waals surface area (Å²) in [6.07, 6.45) is 4.14. The summed E-state index contributed by atoms with van der Waals surface area (Å²) >= 11 is 0. The van der Waals surface area contributed by atoms with E-state index in [0.717, 1.165) is 5.92 Å². The number of hydrogen-bond acceptors (Lipinski definition) is 2. The molecular formula is C15H30N2. The van der Waals surface area contributed by atoms with Gasteiger partial charge in [0, 0.05) is 19.1 Å². The zero-order chi connectivity index (χ0) is 12.7. The third-order valence-electron chi connectivity index (χ3n) is 5.03. The van der Waals surface area contributed by atoms with Crippen molar-refractivity contribution < 1.29 is 0 Å². The Kier molecular flexibility index (Phi) is 3.57. The molecule has 2 aliphatic rings. The number of rotatable bonds is 3. The van der Waals surface area contributed by atoms with Crippen molar-refractivity contribution in [1.29, 1.82) is 0 Å². The van der Waals surface area contributed by atoms with Gasteiger partial charge in [0.15, 0.2) is 0 Å². The van der Waals surface area contributed by atoms with Gasteiger partial charge in [-0.05, 0) is 49.6 Å². The lowest BCUT2D eigenvalue weighted by Gasteiger charge is -2.32. The minimum atomic E-state index is 0.481. The zero-order valence-electron chi connectivity index (χ0n) is 12.3. The van der Waals surface area contributed by atoms with Crippen LogP contribution in [0, 0.1) is 16.7 Å². The Labute approximate surface area is 107 Å². The van der Waals surface area contributed by atoms with Crippen LogP contribution in [0.15, 0.2) is 0 Å².